The summed E-state index contributed by atoms with van der Waals surface area (Å²) < 4.78 is 0. The SMILES string of the molecule is CCc1ccc(CNC(=O)[C@H]2CCCN(c3nc4cccnc4s3)C2)cc1. The Morgan fingerprint density at radius 3 is 2.85 bits per heavy atom. The lowest BCUT2D eigenvalue weighted by Crippen LogP contribution is -2.42. The van der Waals surface area contributed by atoms with E-state index in [1.807, 2.05) is 12.1 Å². The van der Waals surface area contributed by atoms with E-state index in [1.165, 1.54) is 5.56 Å². The highest BCUT2D eigenvalue weighted by atomic mass is 32.1. The van der Waals surface area contributed by atoms with E-state index >= 15 is 0 Å². The predicted molar refractivity (Wildman–Crippen MR) is 110 cm³/mol. The van der Waals surface area contributed by atoms with E-state index < -0.39 is 0 Å². The summed E-state index contributed by atoms with van der Waals surface area (Å²) >= 11 is 1.60. The number of rotatable bonds is 5. The van der Waals surface area contributed by atoms with Crippen LogP contribution in [0, 0.1) is 5.92 Å². The van der Waals surface area contributed by atoms with E-state index in [4.69, 9.17) is 4.98 Å². The van der Waals surface area contributed by atoms with Crippen LogP contribution in [-0.4, -0.2) is 29.0 Å². The first-order valence-corrected chi connectivity index (χ1v) is 10.4. The Hall–Kier alpha value is -2.47. The van der Waals surface area contributed by atoms with Gasteiger partial charge in [0.2, 0.25) is 5.91 Å². The molecule has 140 valence electrons. The van der Waals surface area contributed by atoms with Crippen LogP contribution in [-0.2, 0) is 17.8 Å². The van der Waals surface area contributed by atoms with Crippen molar-refractivity contribution in [3.63, 3.8) is 0 Å². The lowest BCUT2D eigenvalue weighted by Gasteiger charge is -2.31. The summed E-state index contributed by atoms with van der Waals surface area (Å²) in [6.07, 6.45) is 4.77. The summed E-state index contributed by atoms with van der Waals surface area (Å²) in [5.74, 6) is 0.146. The van der Waals surface area contributed by atoms with Crippen molar-refractivity contribution in [2.45, 2.75) is 32.7 Å². The Balaban J connectivity index is 1.37. The number of piperidine rings is 1. The first-order chi connectivity index (χ1) is 13.2. The topological polar surface area (TPSA) is 58.1 Å². The van der Waals surface area contributed by atoms with Crippen LogP contribution >= 0.6 is 11.3 Å². The summed E-state index contributed by atoms with van der Waals surface area (Å²) in [4.78, 5) is 24.9. The molecular formula is C21H24N4OS. The molecular weight excluding hydrogens is 356 g/mol. The van der Waals surface area contributed by atoms with E-state index in [2.05, 4.69) is 46.4 Å². The van der Waals surface area contributed by atoms with Gasteiger partial charge in [-0.1, -0.05) is 42.5 Å². The van der Waals surface area contributed by atoms with E-state index in [-0.39, 0.29) is 11.8 Å². The van der Waals surface area contributed by atoms with Crippen LogP contribution in [0.5, 0.6) is 0 Å². The molecule has 1 amide bonds. The summed E-state index contributed by atoms with van der Waals surface area (Å²) in [6.45, 7) is 4.40. The first kappa shape index (κ1) is 17.9. The van der Waals surface area contributed by atoms with Gasteiger partial charge in [0.25, 0.3) is 0 Å². The number of hydrogen-bond donors (Lipinski definition) is 1. The van der Waals surface area contributed by atoms with Gasteiger partial charge in [0.1, 0.15) is 10.3 Å². The number of amides is 1. The zero-order chi connectivity index (χ0) is 18.6. The van der Waals surface area contributed by atoms with Crippen LogP contribution in [0.15, 0.2) is 42.6 Å². The number of carbonyl (C=O) groups excluding carboxylic acids is 1. The number of anilines is 1. The van der Waals surface area contributed by atoms with Crippen LogP contribution in [0.25, 0.3) is 10.3 Å². The van der Waals surface area contributed by atoms with Gasteiger partial charge >= 0.3 is 0 Å². The molecule has 2 aromatic heterocycles. The zero-order valence-electron chi connectivity index (χ0n) is 15.5. The molecule has 1 saturated heterocycles. The fourth-order valence-electron chi connectivity index (χ4n) is 3.48. The molecule has 1 aliphatic rings. The average molecular weight is 381 g/mol. The van der Waals surface area contributed by atoms with E-state index in [9.17, 15) is 4.79 Å². The second-order valence-electron chi connectivity index (χ2n) is 7.00. The van der Waals surface area contributed by atoms with E-state index in [0.717, 1.165) is 53.4 Å². The number of aryl methyl sites for hydroxylation is 1. The van der Waals surface area contributed by atoms with Gasteiger partial charge < -0.3 is 10.2 Å². The molecule has 1 N–H and O–H groups in total. The van der Waals surface area contributed by atoms with Gasteiger partial charge in [-0.05, 0) is 42.5 Å². The van der Waals surface area contributed by atoms with Crippen LogP contribution in [0.2, 0.25) is 0 Å². The van der Waals surface area contributed by atoms with E-state index in [1.54, 1.807) is 17.5 Å². The van der Waals surface area contributed by atoms with E-state index in [0.29, 0.717) is 6.54 Å². The quantitative estimate of drug-likeness (QED) is 0.732. The number of carbonyl (C=O) groups is 1. The maximum absolute atomic E-state index is 12.7. The molecule has 0 radical (unpaired) electrons. The van der Waals surface area contributed by atoms with Crippen molar-refractivity contribution in [3.05, 3.63) is 53.7 Å². The minimum Gasteiger partial charge on any atom is -0.352 e. The summed E-state index contributed by atoms with van der Waals surface area (Å²) in [7, 11) is 0. The molecule has 0 saturated carbocycles. The number of aromatic nitrogens is 2. The largest absolute Gasteiger partial charge is 0.352 e. The molecule has 3 aromatic rings. The molecule has 27 heavy (non-hydrogen) atoms. The second-order valence-corrected chi connectivity index (χ2v) is 7.95. The number of fused-ring (bicyclic) bond motifs is 1. The Morgan fingerprint density at radius 1 is 1.26 bits per heavy atom. The van der Waals surface area contributed by atoms with Gasteiger partial charge in [-0.25, -0.2) is 9.97 Å². The first-order valence-electron chi connectivity index (χ1n) is 9.55. The molecule has 0 aliphatic carbocycles. The van der Waals surface area contributed by atoms with Crippen LogP contribution in [0.1, 0.15) is 30.9 Å². The third-order valence-corrected chi connectivity index (χ3v) is 6.16. The van der Waals surface area contributed by atoms with Crippen molar-refractivity contribution >= 4 is 32.7 Å². The molecule has 1 aliphatic heterocycles. The zero-order valence-corrected chi connectivity index (χ0v) is 16.3. The molecule has 0 bridgehead atoms. The molecule has 4 rings (SSSR count). The van der Waals surface area contributed by atoms with Crippen molar-refractivity contribution in [1.29, 1.82) is 0 Å². The Morgan fingerprint density at radius 2 is 2.07 bits per heavy atom. The minimum absolute atomic E-state index is 0.00800. The molecule has 5 nitrogen and oxygen atoms in total. The highest BCUT2D eigenvalue weighted by Crippen LogP contribution is 2.30. The number of nitrogens with zero attached hydrogens (tertiary/aromatic N) is 3. The van der Waals surface area contributed by atoms with Gasteiger partial charge in [-0.2, -0.15) is 0 Å². The standard InChI is InChI=1S/C21H24N4OS/c1-2-15-7-9-16(10-8-15)13-23-19(26)17-5-4-12-25(14-17)21-24-18-6-3-11-22-20(18)27-21/h3,6-11,17H,2,4-5,12-14H2,1H3,(H,23,26)/t17-/m0/s1. The number of benzene rings is 1. The maximum atomic E-state index is 12.7. The van der Waals surface area contributed by atoms with Crippen molar-refractivity contribution in [2.75, 3.05) is 18.0 Å². The third-order valence-electron chi connectivity index (χ3n) is 5.12. The average Bonchev–Trinajstić information content (AvgIpc) is 3.17. The van der Waals surface area contributed by atoms with Crippen LogP contribution < -0.4 is 10.2 Å². The van der Waals surface area contributed by atoms with Crippen LogP contribution in [0.3, 0.4) is 0 Å². The van der Waals surface area contributed by atoms with Crippen molar-refractivity contribution in [1.82, 2.24) is 15.3 Å². The van der Waals surface area contributed by atoms with Gasteiger partial charge in [0.15, 0.2) is 5.13 Å². The second kappa shape index (κ2) is 8.05. The molecule has 6 heteroatoms. The van der Waals surface area contributed by atoms with Gasteiger partial charge in [0.05, 0.1) is 5.92 Å². The number of nitrogens with one attached hydrogen (secondary N) is 1. The monoisotopic (exact) mass is 380 g/mol. The highest BCUT2D eigenvalue weighted by Gasteiger charge is 2.27. The molecule has 1 aromatic carbocycles. The summed E-state index contributed by atoms with van der Waals surface area (Å²) in [5, 5.41) is 4.08. The number of hydrogen-bond acceptors (Lipinski definition) is 5. The Labute approximate surface area is 163 Å². The summed E-state index contributed by atoms with van der Waals surface area (Å²) in [6, 6.07) is 12.3. The van der Waals surface area contributed by atoms with Gasteiger partial charge in [-0.15, -0.1) is 0 Å². The maximum Gasteiger partial charge on any atom is 0.225 e. The molecule has 0 spiro atoms. The molecule has 1 fully saturated rings. The number of thiazole rings is 1. The fourth-order valence-corrected chi connectivity index (χ4v) is 4.43. The lowest BCUT2D eigenvalue weighted by atomic mass is 9.97. The number of pyridine rings is 1. The predicted octanol–water partition coefficient (Wildman–Crippen LogP) is 3.79. The minimum atomic E-state index is 0.00800. The lowest BCUT2D eigenvalue weighted by molar-refractivity contribution is -0.125. The fraction of sp³-hybridized carbons (Fsp3) is 0.381. The summed E-state index contributed by atoms with van der Waals surface area (Å²) in [5.41, 5.74) is 3.39. The van der Waals surface area contributed by atoms with Crippen molar-refractivity contribution < 1.29 is 4.79 Å². The van der Waals surface area contributed by atoms with Gasteiger partial charge in [-0.3, -0.25) is 4.79 Å². The van der Waals surface area contributed by atoms with Crippen molar-refractivity contribution in [2.24, 2.45) is 5.92 Å². The third kappa shape index (κ3) is 4.11. The molecule has 3 heterocycles. The molecule has 0 unspecified atom stereocenters. The van der Waals surface area contributed by atoms with Crippen LogP contribution in [0.4, 0.5) is 5.13 Å². The smallest absolute Gasteiger partial charge is 0.225 e. The Bertz CT molecular complexity index is 888. The van der Waals surface area contributed by atoms with Crippen molar-refractivity contribution in [3.8, 4) is 0 Å². The Kier molecular flexibility index (Phi) is 5.34. The molecule has 1 atom stereocenters. The normalized spacial score (nSPS) is 17.2. The van der Waals surface area contributed by atoms with Gasteiger partial charge in [0, 0.05) is 25.8 Å². The highest BCUT2D eigenvalue weighted by molar-refractivity contribution is 7.21.